The van der Waals surface area contributed by atoms with Crippen molar-refractivity contribution in [2.45, 2.75) is 23.8 Å². The highest BCUT2D eigenvalue weighted by Gasteiger charge is 2.32. The molecule has 0 bridgehead atoms. The molecule has 0 spiro atoms. The van der Waals surface area contributed by atoms with Crippen LogP contribution in [0.4, 0.5) is 11.5 Å². The monoisotopic (exact) mass is 460 g/mol. The lowest BCUT2D eigenvalue weighted by Gasteiger charge is -2.35. The second-order valence-corrected chi connectivity index (χ2v) is 9.83. The first kappa shape index (κ1) is 22.2. The number of piperazine rings is 1. The van der Waals surface area contributed by atoms with Gasteiger partial charge in [-0.1, -0.05) is 6.07 Å². The molecule has 3 heterocycles. The lowest BCUT2D eigenvalue weighted by molar-refractivity contribution is -0.387. The van der Waals surface area contributed by atoms with Crippen LogP contribution in [0.25, 0.3) is 0 Å². The molecule has 0 radical (unpaired) electrons. The summed E-state index contributed by atoms with van der Waals surface area (Å²) in [6, 6.07) is 9.21. The quantitative estimate of drug-likeness (QED) is 0.473. The third-order valence-corrected chi connectivity index (χ3v) is 7.53. The Labute approximate surface area is 185 Å². The van der Waals surface area contributed by atoms with Gasteiger partial charge in [0, 0.05) is 50.6 Å². The van der Waals surface area contributed by atoms with Gasteiger partial charge in [-0.05, 0) is 37.1 Å². The molecule has 0 aliphatic carbocycles. The van der Waals surface area contributed by atoms with Crippen LogP contribution in [-0.2, 0) is 14.6 Å². The normalized spacial score (nSPS) is 19.2. The standard InChI is InChI=1S/C21H24N4O6S/c26-21(24-11-9-23(10-12-24)20-5-1-2-8-22-20)16-6-7-19(18(14-16)25(27)28)32(29,30)15-17-4-3-13-31-17/h1-2,5-8,14,17H,3-4,9-13,15H2. The van der Waals surface area contributed by atoms with Gasteiger partial charge in [-0.15, -0.1) is 0 Å². The van der Waals surface area contributed by atoms with Crippen molar-refractivity contribution < 1.29 is 22.9 Å². The zero-order valence-corrected chi connectivity index (χ0v) is 18.2. The number of hydrogen-bond donors (Lipinski definition) is 0. The zero-order chi connectivity index (χ0) is 22.7. The summed E-state index contributed by atoms with van der Waals surface area (Å²) < 4.78 is 30.9. The molecular weight excluding hydrogens is 436 g/mol. The molecule has 2 aromatic rings. The van der Waals surface area contributed by atoms with Crippen LogP contribution in [0.15, 0.2) is 47.5 Å². The smallest absolute Gasteiger partial charge is 0.288 e. The zero-order valence-electron chi connectivity index (χ0n) is 17.4. The van der Waals surface area contributed by atoms with Crippen LogP contribution < -0.4 is 4.90 Å². The Morgan fingerprint density at radius 2 is 1.97 bits per heavy atom. The average molecular weight is 461 g/mol. The summed E-state index contributed by atoms with van der Waals surface area (Å²) in [5, 5.41) is 11.6. The Balaban J connectivity index is 1.50. The van der Waals surface area contributed by atoms with Gasteiger partial charge in [0.15, 0.2) is 9.84 Å². The van der Waals surface area contributed by atoms with Crippen molar-refractivity contribution in [1.29, 1.82) is 0 Å². The van der Waals surface area contributed by atoms with Crippen LogP contribution >= 0.6 is 0 Å². The summed E-state index contributed by atoms with van der Waals surface area (Å²) in [4.78, 5) is 31.4. The van der Waals surface area contributed by atoms with E-state index in [1.807, 2.05) is 18.2 Å². The maximum absolute atomic E-state index is 13.0. The van der Waals surface area contributed by atoms with Gasteiger partial charge in [0.05, 0.1) is 16.8 Å². The molecule has 2 aliphatic rings. The second-order valence-electron chi connectivity index (χ2n) is 7.82. The number of benzene rings is 1. The van der Waals surface area contributed by atoms with Crippen molar-refractivity contribution in [3.05, 3.63) is 58.3 Å². The molecular formula is C21H24N4O6S. The number of nitro benzene ring substituents is 1. The van der Waals surface area contributed by atoms with Crippen molar-refractivity contribution in [3.8, 4) is 0 Å². The third kappa shape index (κ3) is 4.73. The highest BCUT2D eigenvalue weighted by molar-refractivity contribution is 7.91. The Hall–Kier alpha value is -3.05. The molecule has 2 aliphatic heterocycles. The number of nitrogens with zero attached hydrogens (tertiary/aromatic N) is 4. The van der Waals surface area contributed by atoms with E-state index in [9.17, 15) is 23.3 Å². The lowest BCUT2D eigenvalue weighted by atomic mass is 10.1. The number of rotatable bonds is 6. The Morgan fingerprint density at radius 3 is 2.59 bits per heavy atom. The Kier molecular flexibility index (Phi) is 6.38. The van der Waals surface area contributed by atoms with Crippen LogP contribution in [0.1, 0.15) is 23.2 Å². The fourth-order valence-corrected chi connectivity index (χ4v) is 5.69. The summed E-state index contributed by atoms with van der Waals surface area (Å²) in [6.45, 7) is 2.52. The van der Waals surface area contributed by atoms with E-state index in [0.717, 1.165) is 18.3 Å². The number of hydrogen-bond acceptors (Lipinski definition) is 8. The molecule has 170 valence electrons. The number of pyridine rings is 1. The van der Waals surface area contributed by atoms with Crippen LogP contribution in [-0.4, -0.2) is 73.8 Å². The maximum Gasteiger partial charge on any atom is 0.288 e. The molecule has 2 saturated heterocycles. The van der Waals surface area contributed by atoms with Crippen molar-refractivity contribution in [3.63, 3.8) is 0 Å². The predicted octanol–water partition coefficient (Wildman–Crippen LogP) is 1.90. The van der Waals surface area contributed by atoms with E-state index >= 15 is 0 Å². The van der Waals surface area contributed by atoms with E-state index in [0.29, 0.717) is 39.2 Å². The van der Waals surface area contributed by atoms with Gasteiger partial charge in [0.2, 0.25) is 0 Å². The maximum atomic E-state index is 13.0. The molecule has 2 fully saturated rings. The van der Waals surface area contributed by atoms with Gasteiger partial charge in [-0.25, -0.2) is 13.4 Å². The number of carbonyl (C=O) groups excluding carboxylic acids is 1. The fraction of sp³-hybridized carbons (Fsp3) is 0.429. The van der Waals surface area contributed by atoms with Gasteiger partial charge in [-0.2, -0.15) is 0 Å². The highest BCUT2D eigenvalue weighted by Crippen LogP contribution is 2.29. The average Bonchev–Trinajstić information content (AvgIpc) is 3.31. The van der Waals surface area contributed by atoms with E-state index in [-0.39, 0.29) is 22.1 Å². The largest absolute Gasteiger partial charge is 0.377 e. The third-order valence-electron chi connectivity index (χ3n) is 5.71. The van der Waals surface area contributed by atoms with E-state index in [2.05, 4.69) is 9.88 Å². The molecule has 11 heteroatoms. The number of carbonyl (C=O) groups is 1. The van der Waals surface area contributed by atoms with Crippen molar-refractivity contribution >= 4 is 27.2 Å². The molecule has 4 rings (SSSR count). The van der Waals surface area contributed by atoms with Gasteiger partial charge < -0.3 is 14.5 Å². The molecule has 10 nitrogen and oxygen atoms in total. The van der Waals surface area contributed by atoms with Crippen LogP contribution in [0.2, 0.25) is 0 Å². The summed E-state index contributed by atoms with van der Waals surface area (Å²) in [6.07, 6.45) is 2.62. The van der Waals surface area contributed by atoms with Gasteiger partial charge in [0.25, 0.3) is 11.6 Å². The second kappa shape index (κ2) is 9.21. The molecule has 0 N–H and O–H groups in total. The van der Waals surface area contributed by atoms with Crippen molar-refractivity contribution in [2.24, 2.45) is 0 Å². The molecule has 0 saturated carbocycles. The summed E-state index contributed by atoms with van der Waals surface area (Å²) in [5.41, 5.74) is -0.486. The van der Waals surface area contributed by atoms with Gasteiger partial charge >= 0.3 is 0 Å². The number of sulfone groups is 1. The van der Waals surface area contributed by atoms with Crippen molar-refractivity contribution in [1.82, 2.24) is 9.88 Å². The number of anilines is 1. The summed E-state index contributed by atoms with van der Waals surface area (Å²) in [5.74, 6) is 0.157. The minimum atomic E-state index is -3.93. The fourth-order valence-electron chi connectivity index (χ4n) is 4.03. The SMILES string of the molecule is O=C(c1ccc(S(=O)(=O)CC2CCCO2)c([N+](=O)[O-])c1)N1CCN(c2ccccn2)CC1. The number of nitro groups is 1. The minimum absolute atomic E-state index is 0.0963. The molecule has 1 aromatic carbocycles. The first-order valence-corrected chi connectivity index (χ1v) is 12.1. The molecule has 1 atom stereocenters. The van der Waals surface area contributed by atoms with Crippen LogP contribution in [0.5, 0.6) is 0 Å². The van der Waals surface area contributed by atoms with E-state index in [1.54, 1.807) is 11.1 Å². The lowest BCUT2D eigenvalue weighted by Crippen LogP contribution is -2.49. The highest BCUT2D eigenvalue weighted by atomic mass is 32.2. The first-order chi connectivity index (χ1) is 15.3. The van der Waals surface area contributed by atoms with Gasteiger partial charge in [0.1, 0.15) is 10.7 Å². The minimum Gasteiger partial charge on any atom is -0.377 e. The Morgan fingerprint density at radius 1 is 1.19 bits per heavy atom. The number of ether oxygens (including phenoxy) is 1. The summed E-state index contributed by atoms with van der Waals surface area (Å²) >= 11 is 0. The summed E-state index contributed by atoms with van der Waals surface area (Å²) in [7, 11) is -3.93. The van der Waals surface area contributed by atoms with Crippen molar-refractivity contribution in [2.75, 3.05) is 43.4 Å². The van der Waals surface area contributed by atoms with E-state index in [4.69, 9.17) is 4.74 Å². The van der Waals surface area contributed by atoms with Gasteiger partial charge in [-0.3, -0.25) is 14.9 Å². The molecule has 1 amide bonds. The van der Waals surface area contributed by atoms with Crippen LogP contribution in [0.3, 0.4) is 0 Å². The van der Waals surface area contributed by atoms with Crippen LogP contribution in [0, 0.1) is 10.1 Å². The number of aromatic nitrogens is 1. The molecule has 1 unspecified atom stereocenters. The topological polar surface area (TPSA) is 123 Å². The van der Waals surface area contributed by atoms with E-state index in [1.165, 1.54) is 12.1 Å². The predicted molar refractivity (Wildman–Crippen MR) is 116 cm³/mol. The Bertz CT molecular complexity index is 1090. The van der Waals surface area contributed by atoms with E-state index < -0.39 is 26.6 Å². The molecule has 32 heavy (non-hydrogen) atoms. The molecule has 1 aromatic heterocycles. The number of amides is 1. The first-order valence-electron chi connectivity index (χ1n) is 10.4.